The zero-order valence-corrected chi connectivity index (χ0v) is 13.7. The average molecular weight is 323 g/mol. The van der Waals surface area contributed by atoms with Gasteiger partial charge in [0.1, 0.15) is 5.75 Å². The van der Waals surface area contributed by atoms with E-state index >= 15 is 0 Å². The van der Waals surface area contributed by atoms with Crippen LogP contribution in [0.3, 0.4) is 0 Å². The van der Waals surface area contributed by atoms with Gasteiger partial charge < -0.3 is 10.1 Å². The van der Waals surface area contributed by atoms with Crippen molar-refractivity contribution < 1.29 is 4.74 Å². The summed E-state index contributed by atoms with van der Waals surface area (Å²) < 4.78 is 6.99. The second kappa shape index (κ2) is 8.21. The number of hydrogen-bond donors (Lipinski definition) is 1. The molecule has 0 saturated carbocycles. The highest BCUT2D eigenvalue weighted by atomic mass is 16.5. The lowest BCUT2D eigenvalue weighted by atomic mass is 10.1. The molecule has 24 heavy (non-hydrogen) atoms. The van der Waals surface area contributed by atoms with Crippen molar-refractivity contribution in [2.75, 3.05) is 13.7 Å². The molecule has 0 aliphatic heterocycles. The summed E-state index contributed by atoms with van der Waals surface area (Å²) in [6, 6.07) is 18.3. The first-order valence-electron chi connectivity index (χ1n) is 7.98. The van der Waals surface area contributed by atoms with E-state index in [1.807, 2.05) is 35.0 Å². The predicted octanol–water partition coefficient (Wildman–Crippen LogP) is 2.06. The first-order valence-corrected chi connectivity index (χ1v) is 7.98. The van der Waals surface area contributed by atoms with Gasteiger partial charge in [-0.05, 0) is 46.7 Å². The van der Waals surface area contributed by atoms with Gasteiger partial charge in [-0.1, -0.05) is 42.5 Å². The normalized spacial score (nSPS) is 10.7. The van der Waals surface area contributed by atoms with E-state index in [9.17, 15) is 0 Å². The quantitative estimate of drug-likeness (QED) is 0.643. The van der Waals surface area contributed by atoms with Gasteiger partial charge in [0.05, 0.1) is 20.2 Å². The van der Waals surface area contributed by atoms with Crippen molar-refractivity contribution in [3.63, 3.8) is 0 Å². The Hall–Kier alpha value is -2.73. The molecule has 0 amide bonds. The van der Waals surface area contributed by atoms with Gasteiger partial charge in [0.2, 0.25) is 0 Å². The summed E-state index contributed by atoms with van der Waals surface area (Å²) in [5, 5.41) is 15.4. The third-order valence-electron chi connectivity index (χ3n) is 3.81. The van der Waals surface area contributed by atoms with Crippen LogP contribution in [-0.2, 0) is 19.5 Å². The second-order valence-corrected chi connectivity index (χ2v) is 5.51. The van der Waals surface area contributed by atoms with Crippen molar-refractivity contribution in [1.82, 2.24) is 25.5 Å². The summed E-state index contributed by atoms with van der Waals surface area (Å²) in [7, 11) is 1.66. The SMILES string of the molecule is COc1ccc(Cn2nnnc2CNCCc2ccccc2)cc1. The first kappa shape index (κ1) is 16.1. The molecule has 6 nitrogen and oxygen atoms in total. The van der Waals surface area contributed by atoms with Crippen LogP contribution >= 0.6 is 0 Å². The van der Waals surface area contributed by atoms with Gasteiger partial charge in [0, 0.05) is 0 Å². The molecule has 0 aliphatic rings. The van der Waals surface area contributed by atoms with Crippen LogP contribution in [0.25, 0.3) is 0 Å². The lowest BCUT2D eigenvalue weighted by Crippen LogP contribution is -2.20. The van der Waals surface area contributed by atoms with Crippen molar-refractivity contribution in [3.05, 3.63) is 71.5 Å². The summed E-state index contributed by atoms with van der Waals surface area (Å²) in [4.78, 5) is 0. The summed E-state index contributed by atoms with van der Waals surface area (Å²) in [5.41, 5.74) is 2.46. The lowest BCUT2D eigenvalue weighted by Gasteiger charge is -2.07. The van der Waals surface area contributed by atoms with Gasteiger partial charge in [-0.2, -0.15) is 0 Å². The molecule has 1 heterocycles. The number of rotatable bonds is 8. The molecule has 0 aliphatic carbocycles. The van der Waals surface area contributed by atoms with Gasteiger partial charge in [-0.15, -0.1) is 5.10 Å². The molecule has 0 atom stereocenters. The Kier molecular flexibility index (Phi) is 5.52. The van der Waals surface area contributed by atoms with E-state index in [0.29, 0.717) is 13.1 Å². The molecule has 2 aromatic carbocycles. The maximum Gasteiger partial charge on any atom is 0.165 e. The predicted molar refractivity (Wildman–Crippen MR) is 91.8 cm³/mol. The third-order valence-corrected chi connectivity index (χ3v) is 3.81. The smallest absolute Gasteiger partial charge is 0.165 e. The molecule has 0 radical (unpaired) electrons. The fourth-order valence-corrected chi connectivity index (χ4v) is 2.45. The Morgan fingerprint density at radius 1 is 1.00 bits per heavy atom. The number of benzene rings is 2. The van der Waals surface area contributed by atoms with Crippen LogP contribution < -0.4 is 10.1 Å². The van der Waals surface area contributed by atoms with E-state index in [1.165, 1.54) is 5.56 Å². The number of aromatic nitrogens is 4. The van der Waals surface area contributed by atoms with E-state index in [2.05, 4.69) is 45.1 Å². The number of ether oxygens (including phenoxy) is 1. The topological polar surface area (TPSA) is 64.9 Å². The van der Waals surface area contributed by atoms with Crippen LogP contribution in [0.5, 0.6) is 5.75 Å². The van der Waals surface area contributed by atoms with Gasteiger partial charge in [-0.25, -0.2) is 4.68 Å². The zero-order chi connectivity index (χ0) is 16.6. The first-order chi connectivity index (χ1) is 11.8. The average Bonchev–Trinajstić information content (AvgIpc) is 3.07. The third kappa shape index (κ3) is 4.39. The van der Waals surface area contributed by atoms with Gasteiger partial charge in [0.15, 0.2) is 5.82 Å². The maximum atomic E-state index is 5.17. The molecule has 0 fully saturated rings. The van der Waals surface area contributed by atoms with E-state index < -0.39 is 0 Å². The van der Waals surface area contributed by atoms with E-state index in [4.69, 9.17) is 4.74 Å². The monoisotopic (exact) mass is 323 g/mol. The van der Waals surface area contributed by atoms with Crippen LogP contribution in [0.1, 0.15) is 17.0 Å². The molecule has 0 spiro atoms. The molecular weight excluding hydrogens is 302 g/mol. The number of tetrazole rings is 1. The van der Waals surface area contributed by atoms with Crippen molar-refractivity contribution in [1.29, 1.82) is 0 Å². The molecule has 3 rings (SSSR count). The summed E-state index contributed by atoms with van der Waals surface area (Å²) in [6.45, 7) is 2.18. The van der Waals surface area contributed by atoms with Crippen LogP contribution in [0.15, 0.2) is 54.6 Å². The minimum atomic E-state index is 0.646. The Morgan fingerprint density at radius 3 is 2.54 bits per heavy atom. The number of nitrogens with one attached hydrogen (secondary N) is 1. The zero-order valence-electron chi connectivity index (χ0n) is 13.7. The highest BCUT2D eigenvalue weighted by Gasteiger charge is 2.06. The fourth-order valence-electron chi connectivity index (χ4n) is 2.45. The van der Waals surface area contributed by atoms with Crippen molar-refractivity contribution >= 4 is 0 Å². The van der Waals surface area contributed by atoms with Crippen molar-refractivity contribution in [3.8, 4) is 5.75 Å². The van der Waals surface area contributed by atoms with Gasteiger partial charge in [0.25, 0.3) is 0 Å². The Balaban J connectivity index is 1.51. The van der Waals surface area contributed by atoms with Crippen LogP contribution in [-0.4, -0.2) is 33.9 Å². The fraction of sp³-hybridized carbons (Fsp3) is 0.278. The Labute approximate surface area is 141 Å². The van der Waals surface area contributed by atoms with Gasteiger partial charge in [-0.3, -0.25) is 0 Å². The number of hydrogen-bond acceptors (Lipinski definition) is 5. The molecule has 6 heteroatoms. The molecule has 1 N–H and O–H groups in total. The highest BCUT2D eigenvalue weighted by Crippen LogP contribution is 2.12. The number of methoxy groups -OCH3 is 1. The Bertz CT molecular complexity index is 740. The molecule has 0 unspecified atom stereocenters. The largest absolute Gasteiger partial charge is 0.497 e. The van der Waals surface area contributed by atoms with E-state index in [0.717, 1.165) is 30.1 Å². The second-order valence-electron chi connectivity index (χ2n) is 5.51. The lowest BCUT2D eigenvalue weighted by molar-refractivity contribution is 0.414. The summed E-state index contributed by atoms with van der Waals surface area (Å²) in [5.74, 6) is 1.68. The summed E-state index contributed by atoms with van der Waals surface area (Å²) in [6.07, 6.45) is 0.987. The maximum absolute atomic E-state index is 5.17. The van der Waals surface area contributed by atoms with E-state index in [-0.39, 0.29) is 0 Å². The van der Waals surface area contributed by atoms with Crippen molar-refractivity contribution in [2.45, 2.75) is 19.5 Å². The molecule has 3 aromatic rings. The molecule has 0 saturated heterocycles. The molecular formula is C18H21N5O. The standard InChI is InChI=1S/C18H21N5O/c1-24-17-9-7-16(8-10-17)14-23-18(20-21-22-23)13-19-12-11-15-5-3-2-4-6-15/h2-10,19H,11-14H2,1H3. The van der Waals surface area contributed by atoms with Crippen LogP contribution in [0.4, 0.5) is 0 Å². The highest BCUT2D eigenvalue weighted by molar-refractivity contribution is 5.27. The van der Waals surface area contributed by atoms with Crippen LogP contribution in [0.2, 0.25) is 0 Å². The molecule has 0 bridgehead atoms. The molecule has 124 valence electrons. The number of nitrogens with zero attached hydrogens (tertiary/aromatic N) is 4. The van der Waals surface area contributed by atoms with Gasteiger partial charge >= 0.3 is 0 Å². The minimum absolute atomic E-state index is 0.646. The van der Waals surface area contributed by atoms with Crippen LogP contribution in [0, 0.1) is 0 Å². The summed E-state index contributed by atoms with van der Waals surface area (Å²) >= 11 is 0. The minimum Gasteiger partial charge on any atom is -0.497 e. The van der Waals surface area contributed by atoms with E-state index in [1.54, 1.807) is 7.11 Å². The van der Waals surface area contributed by atoms with Crippen molar-refractivity contribution in [2.24, 2.45) is 0 Å². The Morgan fingerprint density at radius 2 is 1.79 bits per heavy atom. The molecule has 1 aromatic heterocycles.